The van der Waals surface area contributed by atoms with E-state index in [1.54, 1.807) is 24.3 Å². The molecule has 0 fully saturated rings. The SMILES string of the molecule is COC(=O)C1=C(C(=O)OC)N(c2c(C)c(C)cc3[nH]cnc23)C(N)=C(C#N)C1c1ccccc1. The average molecular weight is 457 g/mol. The van der Waals surface area contributed by atoms with Crippen molar-refractivity contribution in [2.24, 2.45) is 5.73 Å². The first-order valence-electron chi connectivity index (χ1n) is 10.4. The Morgan fingerprint density at radius 3 is 2.44 bits per heavy atom. The number of anilines is 1. The number of imidazole rings is 1. The summed E-state index contributed by atoms with van der Waals surface area (Å²) in [5.41, 5.74) is 10.5. The first kappa shape index (κ1) is 22.6. The lowest BCUT2D eigenvalue weighted by Crippen LogP contribution is -2.41. The van der Waals surface area contributed by atoms with Crippen molar-refractivity contribution in [3.8, 4) is 6.07 Å². The van der Waals surface area contributed by atoms with Crippen LogP contribution in [-0.4, -0.2) is 36.1 Å². The fraction of sp³-hybridized carbons (Fsp3) is 0.200. The summed E-state index contributed by atoms with van der Waals surface area (Å²) in [4.78, 5) is 35.3. The van der Waals surface area contributed by atoms with Gasteiger partial charge in [-0.25, -0.2) is 14.6 Å². The van der Waals surface area contributed by atoms with Crippen LogP contribution in [0.4, 0.5) is 5.69 Å². The van der Waals surface area contributed by atoms with E-state index in [-0.39, 0.29) is 22.7 Å². The van der Waals surface area contributed by atoms with Crippen LogP contribution in [0.1, 0.15) is 22.6 Å². The van der Waals surface area contributed by atoms with Crippen LogP contribution >= 0.6 is 0 Å². The number of nitrogens with zero attached hydrogens (tertiary/aromatic N) is 3. The van der Waals surface area contributed by atoms with Crippen LogP contribution in [0.15, 0.2) is 65.4 Å². The fourth-order valence-electron chi connectivity index (χ4n) is 4.31. The molecule has 0 spiro atoms. The topological polar surface area (TPSA) is 134 Å². The molecular formula is C25H23N5O4. The van der Waals surface area contributed by atoms with E-state index in [1.807, 2.05) is 26.0 Å². The van der Waals surface area contributed by atoms with E-state index >= 15 is 0 Å². The summed E-state index contributed by atoms with van der Waals surface area (Å²) in [7, 11) is 2.43. The number of aromatic nitrogens is 2. The minimum absolute atomic E-state index is 0.00223. The smallest absolute Gasteiger partial charge is 0.355 e. The quantitative estimate of drug-likeness (QED) is 0.571. The number of rotatable bonds is 4. The van der Waals surface area contributed by atoms with Crippen molar-refractivity contribution in [3.05, 3.63) is 82.1 Å². The molecule has 0 saturated heterocycles. The number of fused-ring (bicyclic) bond motifs is 1. The maximum Gasteiger partial charge on any atom is 0.355 e. The Hall–Kier alpha value is -4.58. The normalized spacial score (nSPS) is 16.0. The van der Waals surface area contributed by atoms with E-state index in [2.05, 4.69) is 16.0 Å². The summed E-state index contributed by atoms with van der Waals surface area (Å²) in [5.74, 6) is -2.50. The van der Waals surface area contributed by atoms with Crippen LogP contribution in [0.5, 0.6) is 0 Å². The van der Waals surface area contributed by atoms with E-state index in [4.69, 9.17) is 15.2 Å². The number of allylic oxidation sites excluding steroid dienone is 1. The Labute approximate surface area is 196 Å². The van der Waals surface area contributed by atoms with E-state index in [0.717, 1.165) is 11.1 Å². The highest BCUT2D eigenvalue weighted by atomic mass is 16.5. The third-order valence-corrected chi connectivity index (χ3v) is 6.03. The van der Waals surface area contributed by atoms with Gasteiger partial charge in [-0.15, -0.1) is 0 Å². The monoisotopic (exact) mass is 457 g/mol. The third-order valence-electron chi connectivity index (χ3n) is 6.03. The number of hydrogen-bond donors (Lipinski definition) is 2. The summed E-state index contributed by atoms with van der Waals surface area (Å²) < 4.78 is 10.2. The number of nitrogens with one attached hydrogen (secondary N) is 1. The zero-order chi connectivity index (χ0) is 24.6. The minimum Gasteiger partial charge on any atom is -0.466 e. The number of hydrogen-bond acceptors (Lipinski definition) is 8. The lowest BCUT2D eigenvalue weighted by atomic mass is 9.80. The highest BCUT2D eigenvalue weighted by Gasteiger charge is 2.44. The van der Waals surface area contributed by atoms with Crippen molar-refractivity contribution in [2.75, 3.05) is 19.1 Å². The van der Waals surface area contributed by atoms with E-state index in [9.17, 15) is 14.9 Å². The van der Waals surface area contributed by atoms with E-state index < -0.39 is 17.9 Å². The van der Waals surface area contributed by atoms with Gasteiger partial charge in [0.15, 0.2) is 0 Å². The number of benzene rings is 2. The number of ether oxygens (including phenoxy) is 2. The van der Waals surface area contributed by atoms with Crippen LogP contribution < -0.4 is 10.6 Å². The molecule has 0 aliphatic carbocycles. The standard InChI is InChI=1S/C25H23N5O4/c1-13-10-17-20(29-12-28-17)21(14(13)2)30-22(25(32)34-4)19(24(31)33-3)18(16(11-26)23(30)27)15-8-6-5-7-9-15/h5-10,12,18H,27H2,1-4H3,(H,28,29). The molecule has 0 radical (unpaired) electrons. The van der Waals surface area contributed by atoms with Crippen molar-refractivity contribution in [1.82, 2.24) is 9.97 Å². The fourth-order valence-corrected chi connectivity index (χ4v) is 4.31. The third kappa shape index (κ3) is 3.36. The molecule has 0 saturated carbocycles. The van der Waals surface area contributed by atoms with Crippen molar-refractivity contribution < 1.29 is 19.1 Å². The van der Waals surface area contributed by atoms with Gasteiger partial charge in [0.25, 0.3) is 0 Å². The molecule has 0 amide bonds. The minimum atomic E-state index is -0.927. The Morgan fingerprint density at radius 2 is 1.82 bits per heavy atom. The number of nitrogens with two attached hydrogens (primary N) is 1. The molecule has 1 aliphatic heterocycles. The molecule has 9 heteroatoms. The second kappa shape index (κ2) is 8.75. The Morgan fingerprint density at radius 1 is 1.15 bits per heavy atom. The first-order chi connectivity index (χ1) is 16.3. The Balaban J connectivity index is 2.17. The molecule has 4 rings (SSSR count). The molecule has 9 nitrogen and oxygen atoms in total. The second-order valence-electron chi connectivity index (χ2n) is 7.80. The van der Waals surface area contributed by atoms with Crippen LogP contribution in [0.2, 0.25) is 0 Å². The lowest BCUT2D eigenvalue weighted by molar-refractivity contribution is -0.139. The van der Waals surface area contributed by atoms with Crippen molar-refractivity contribution in [3.63, 3.8) is 0 Å². The van der Waals surface area contributed by atoms with Crippen LogP contribution in [0.3, 0.4) is 0 Å². The number of carbonyl (C=O) groups is 2. The number of H-pyrrole nitrogens is 1. The largest absolute Gasteiger partial charge is 0.466 e. The number of esters is 2. The molecule has 34 heavy (non-hydrogen) atoms. The zero-order valence-electron chi connectivity index (χ0n) is 19.2. The van der Waals surface area contributed by atoms with E-state index in [1.165, 1.54) is 25.4 Å². The lowest BCUT2D eigenvalue weighted by Gasteiger charge is -2.36. The molecule has 1 unspecified atom stereocenters. The zero-order valence-corrected chi connectivity index (χ0v) is 19.2. The predicted octanol–water partition coefficient (Wildman–Crippen LogP) is 3.08. The van der Waals surface area contributed by atoms with E-state index in [0.29, 0.717) is 22.3 Å². The first-order valence-corrected chi connectivity index (χ1v) is 10.4. The predicted molar refractivity (Wildman–Crippen MR) is 125 cm³/mol. The van der Waals surface area contributed by atoms with Gasteiger partial charge in [0.05, 0.1) is 54.9 Å². The summed E-state index contributed by atoms with van der Waals surface area (Å²) in [6.07, 6.45) is 1.53. The second-order valence-corrected chi connectivity index (χ2v) is 7.80. The van der Waals surface area contributed by atoms with Crippen molar-refractivity contribution >= 4 is 28.7 Å². The highest BCUT2D eigenvalue weighted by Crippen LogP contribution is 2.45. The molecule has 3 aromatic rings. The molecular weight excluding hydrogens is 434 g/mol. The molecule has 3 N–H and O–H groups in total. The molecule has 2 heterocycles. The van der Waals surface area contributed by atoms with Gasteiger partial charge in [-0.05, 0) is 36.6 Å². The van der Waals surface area contributed by atoms with Crippen molar-refractivity contribution in [1.29, 1.82) is 5.26 Å². The number of aryl methyl sites for hydroxylation is 1. The highest BCUT2D eigenvalue weighted by molar-refractivity contribution is 6.08. The number of carbonyl (C=O) groups excluding carboxylic acids is 2. The maximum absolute atomic E-state index is 13.3. The summed E-state index contributed by atoms with van der Waals surface area (Å²) in [6, 6.07) is 13.0. The molecule has 1 aliphatic rings. The molecule has 1 aromatic heterocycles. The van der Waals surface area contributed by atoms with Gasteiger partial charge in [-0.2, -0.15) is 5.26 Å². The number of nitriles is 1. The van der Waals surface area contributed by atoms with Gasteiger partial charge in [0, 0.05) is 0 Å². The van der Waals surface area contributed by atoms with Gasteiger partial charge in [0.1, 0.15) is 17.0 Å². The van der Waals surface area contributed by atoms with Crippen LogP contribution in [0, 0.1) is 25.2 Å². The molecule has 0 bridgehead atoms. The van der Waals surface area contributed by atoms with Gasteiger partial charge >= 0.3 is 11.9 Å². The molecule has 2 aromatic carbocycles. The van der Waals surface area contributed by atoms with Gasteiger partial charge < -0.3 is 20.2 Å². The Bertz CT molecular complexity index is 1410. The summed E-state index contributed by atoms with van der Waals surface area (Å²) >= 11 is 0. The van der Waals surface area contributed by atoms with Crippen LogP contribution in [0.25, 0.3) is 11.0 Å². The Kier molecular flexibility index (Phi) is 5.82. The number of methoxy groups -OCH3 is 2. The maximum atomic E-state index is 13.3. The number of aromatic amines is 1. The van der Waals surface area contributed by atoms with Gasteiger partial charge in [-0.1, -0.05) is 30.3 Å². The van der Waals surface area contributed by atoms with Crippen LogP contribution in [-0.2, 0) is 19.1 Å². The molecule has 172 valence electrons. The summed E-state index contributed by atoms with van der Waals surface area (Å²) in [6.45, 7) is 3.76. The average Bonchev–Trinajstić information content (AvgIpc) is 3.31. The van der Waals surface area contributed by atoms with Gasteiger partial charge in [-0.3, -0.25) is 4.90 Å². The molecule has 1 atom stereocenters. The van der Waals surface area contributed by atoms with Crippen molar-refractivity contribution in [2.45, 2.75) is 19.8 Å². The van der Waals surface area contributed by atoms with Gasteiger partial charge in [0.2, 0.25) is 0 Å². The summed E-state index contributed by atoms with van der Waals surface area (Å²) in [5, 5.41) is 10.2.